The summed E-state index contributed by atoms with van der Waals surface area (Å²) in [6, 6.07) is 25.7. The molecule has 0 aliphatic rings. The fourth-order valence-corrected chi connectivity index (χ4v) is 3.75. The Labute approximate surface area is 194 Å². The summed E-state index contributed by atoms with van der Waals surface area (Å²) in [5, 5.41) is 5.47. The zero-order valence-corrected chi connectivity index (χ0v) is 18.9. The summed E-state index contributed by atoms with van der Waals surface area (Å²) in [5.41, 5.74) is 1.76. The first-order chi connectivity index (χ1) is 16.2. The minimum atomic E-state index is -0.0994. The van der Waals surface area contributed by atoms with Gasteiger partial charge in [0.15, 0.2) is 0 Å². The molecule has 1 amide bonds. The van der Waals surface area contributed by atoms with Crippen molar-refractivity contribution >= 4 is 28.4 Å². The first-order valence-corrected chi connectivity index (χ1v) is 11.1. The fraction of sp³-hybridized carbons (Fsp3) is 0.222. The monoisotopic (exact) mass is 440 g/mol. The molecule has 33 heavy (non-hydrogen) atoms. The SMILES string of the molecule is COCCCN(C(=O)c1ccc2ccccc2c1)c1ccnc(N[C@@H](C)c2ccccc2)n1. The van der Waals surface area contributed by atoms with Crippen LogP contribution in [0, 0.1) is 0 Å². The van der Waals surface area contributed by atoms with Crippen molar-refractivity contribution in [3.8, 4) is 0 Å². The van der Waals surface area contributed by atoms with Gasteiger partial charge in [0.05, 0.1) is 6.04 Å². The summed E-state index contributed by atoms with van der Waals surface area (Å²) in [7, 11) is 1.66. The molecule has 0 saturated carbocycles. The van der Waals surface area contributed by atoms with Crippen LogP contribution in [0.3, 0.4) is 0 Å². The fourth-order valence-electron chi connectivity index (χ4n) is 3.75. The number of hydrogen-bond donors (Lipinski definition) is 1. The lowest BCUT2D eigenvalue weighted by Crippen LogP contribution is -2.33. The van der Waals surface area contributed by atoms with E-state index in [9.17, 15) is 4.79 Å². The summed E-state index contributed by atoms with van der Waals surface area (Å²) < 4.78 is 5.21. The van der Waals surface area contributed by atoms with Crippen molar-refractivity contribution in [2.75, 3.05) is 30.5 Å². The Morgan fingerprint density at radius 1 is 1.00 bits per heavy atom. The van der Waals surface area contributed by atoms with Gasteiger partial charge in [-0.05, 0) is 47.9 Å². The molecule has 0 bridgehead atoms. The molecule has 0 aliphatic carbocycles. The molecule has 0 aliphatic heterocycles. The summed E-state index contributed by atoms with van der Waals surface area (Å²) in [6.45, 7) is 3.11. The summed E-state index contributed by atoms with van der Waals surface area (Å²) >= 11 is 0. The molecule has 1 atom stereocenters. The van der Waals surface area contributed by atoms with E-state index in [1.165, 1.54) is 0 Å². The van der Waals surface area contributed by atoms with Crippen LogP contribution >= 0.6 is 0 Å². The van der Waals surface area contributed by atoms with Gasteiger partial charge in [0.2, 0.25) is 5.95 Å². The molecular formula is C27H28N4O2. The van der Waals surface area contributed by atoms with E-state index in [1.807, 2.05) is 60.7 Å². The molecule has 1 heterocycles. The molecule has 0 fully saturated rings. The largest absolute Gasteiger partial charge is 0.385 e. The molecule has 1 aromatic heterocycles. The second-order valence-electron chi connectivity index (χ2n) is 7.88. The van der Waals surface area contributed by atoms with Crippen molar-refractivity contribution in [1.82, 2.24) is 9.97 Å². The lowest BCUT2D eigenvalue weighted by atomic mass is 10.1. The normalized spacial score (nSPS) is 11.8. The Kier molecular flexibility index (Phi) is 7.27. The number of carbonyl (C=O) groups is 1. The number of methoxy groups -OCH3 is 1. The van der Waals surface area contributed by atoms with E-state index < -0.39 is 0 Å². The van der Waals surface area contributed by atoms with E-state index >= 15 is 0 Å². The molecule has 0 saturated heterocycles. The van der Waals surface area contributed by atoms with E-state index in [0.29, 0.717) is 36.9 Å². The highest BCUT2D eigenvalue weighted by molar-refractivity contribution is 6.07. The van der Waals surface area contributed by atoms with Gasteiger partial charge in [0, 0.05) is 32.0 Å². The number of carbonyl (C=O) groups excluding carboxylic acids is 1. The lowest BCUT2D eigenvalue weighted by Gasteiger charge is -2.23. The van der Waals surface area contributed by atoms with Crippen LogP contribution in [-0.4, -0.2) is 36.1 Å². The third-order valence-corrected chi connectivity index (χ3v) is 5.53. The molecule has 6 nitrogen and oxygen atoms in total. The van der Waals surface area contributed by atoms with Crippen LogP contribution in [0.15, 0.2) is 85.1 Å². The third-order valence-electron chi connectivity index (χ3n) is 5.53. The highest BCUT2D eigenvalue weighted by atomic mass is 16.5. The number of fused-ring (bicyclic) bond motifs is 1. The van der Waals surface area contributed by atoms with Crippen LogP contribution in [0.5, 0.6) is 0 Å². The van der Waals surface area contributed by atoms with Gasteiger partial charge in [-0.3, -0.25) is 9.69 Å². The van der Waals surface area contributed by atoms with E-state index in [1.54, 1.807) is 24.3 Å². The standard InChI is InChI=1S/C27H28N4O2/c1-20(21-9-4-3-5-10-21)29-27-28-16-15-25(30-27)31(17-8-18-33-2)26(32)24-14-13-22-11-6-7-12-23(22)19-24/h3-7,9-16,19-20H,8,17-18H2,1-2H3,(H,28,29,30)/t20-/m0/s1. The Balaban J connectivity index is 1.60. The van der Waals surface area contributed by atoms with Gasteiger partial charge in [-0.15, -0.1) is 0 Å². The second kappa shape index (κ2) is 10.7. The van der Waals surface area contributed by atoms with Crippen LogP contribution in [0.1, 0.15) is 35.3 Å². The average molecular weight is 441 g/mol. The zero-order chi connectivity index (χ0) is 23.0. The average Bonchev–Trinajstić information content (AvgIpc) is 2.86. The molecule has 6 heteroatoms. The van der Waals surface area contributed by atoms with Gasteiger partial charge in [-0.25, -0.2) is 4.98 Å². The van der Waals surface area contributed by atoms with Crippen molar-refractivity contribution in [3.63, 3.8) is 0 Å². The van der Waals surface area contributed by atoms with E-state index in [4.69, 9.17) is 4.74 Å². The van der Waals surface area contributed by atoms with Crippen LogP contribution < -0.4 is 10.2 Å². The predicted molar refractivity (Wildman–Crippen MR) is 133 cm³/mol. The molecule has 0 unspecified atom stereocenters. The van der Waals surface area contributed by atoms with E-state index in [2.05, 4.69) is 34.3 Å². The number of rotatable bonds is 9. The number of ether oxygens (including phenoxy) is 1. The maximum absolute atomic E-state index is 13.5. The lowest BCUT2D eigenvalue weighted by molar-refractivity contribution is 0.0983. The van der Waals surface area contributed by atoms with E-state index in [0.717, 1.165) is 16.3 Å². The highest BCUT2D eigenvalue weighted by Crippen LogP contribution is 2.22. The Morgan fingerprint density at radius 3 is 2.55 bits per heavy atom. The molecule has 4 rings (SSSR count). The topological polar surface area (TPSA) is 67.3 Å². The van der Waals surface area contributed by atoms with Gasteiger partial charge < -0.3 is 10.1 Å². The van der Waals surface area contributed by atoms with Crippen molar-refractivity contribution in [1.29, 1.82) is 0 Å². The van der Waals surface area contributed by atoms with Gasteiger partial charge in [0.25, 0.3) is 5.91 Å². The van der Waals surface area contributed by atoms with Crippen molar-refractivity contribution in [2.24, 2.45) is 0 Å². The third kappa shape index (κ3) is 5.54. The summed E-state index contributed by atoms with van der Waals surface area (Å²) in [5.74, 6) is 0.937. The number of nitrogens with zero attached hydrogens (tertiary/aromatic N) is 3. The van der Waals surface area contributed by atoms with Gasteiger partial charge in [-0.1, -0.05) is 60.7 Å². The quantitative estimate of drug-likeness (QED) is 0.349. The maximum atomic E-state index is 13.5. The Bertz CT molecular complexity index is 1210. The molecule has 3 aromatic carbocycles. The highest BCUT2D eigenvalue weighted by Gasteiger charge is 2.20. The number of hydrogen-bond acceptors (Lipinski definition) is 5. The number of anilines is 2. The van der Waals surface area contributed by atoms with Crippen LogP contribution in [0.2, 0.25) is 0 Å². The van der Waals surface area contributed by atoms with Crippen LogP contribution in [0.25, 0.3) is 10.8 Å². The number of aromatic nitrogens is 2. The molecule has 0 radical (unpaired) electrons. The molecule has 4 aromatic rings. The summed E-state index contributed by atoms with van der Waals surface area (Å²) in [6.07, 6.45) is 2.38. The molecule has 0 spiro atoms. The van der Waals surface area contributed by atoms with Crippen molar-refractivity contribution < 1.29 is 9.53 Å². The summed E-state index contributed by atoms with van der Waals surface area (Å²) in [4.78, 5) is 24.3. The Hall–Kier alpha value is -3.77. The first-order valence-electron chi connectivity index (χ1n) is 11.1. The van der Waals surface area contributed by atoms with Crippen LogP contribution in [0.4, 0.5) is 11.8 Å². The number of nitrogens with one attached hydrogen (secondary N) is 1. The molecular weight excluding hydrogens is 412 g/mol. The minimum absolute atomic E-state index is 0.0274. The molecule has 1 N–H and O–H groups in total. The first kappa shape index (κ1) is 22.4. The van der Waals surface area contributed by atoms with Crippen molar-refractivity contribution in [2.45, 2.75) is 19.4 Å². The minimum Gasteiger partial charge on any atom is -0.385 e. The predicted octanol–water partition coefficient (Wildman–Crippen LogP) is 5.49. The second-order valence-corrected chi connectivity index (χ2v) is 7.88. The van der Waals surface area contributed by atoms with Crippen LogP contribution in [-0.2, 0) is 4.74 Å². The van der Waals surface area contributed by atoms with Gasteiger partial charge in [-0.2, -0.15) is 4.98 Å². The maximum Gasteiger partial charge on any atom is 0.259 e. The van der Waals surface area contributed by atoms with Crippen molar-refractivity contribution in [3.05, 3.63) is 96.2 Å². The van der Waals surface area contributed by atoms with Gasteiger partial charge >= 0.3 is 0 Å². The smallest absolute Gasteiger partial charge is 0.259 e. The van der Waals surface area contributed by atoms with Gasteiger partial charge in [0.1, 0.15) is 5.82 Å². The number of benzene rings is 3. The number of amides is 1. The van der Waals surface area contributed by atoms with E-state index in [-0.39, 0.29) is 11.9 Å². The molecule has 168 valence electrons. The Morgan fingerprint density at radius 2 is 1.76 bits per heavy atom. The zero-order valence-electron chi connectivity index (χ0n) is 18.9.